The number of rotatable bonds is 1. The van der Waals surface area contributed by atoms with E-state index < -0.39 is 59.6 Å². The molecule has 2 bridgehead atoms. The van der Waals surface area contributed by atoms with Crippen molar-refractivity contribution in [1.82, 2.24) is 9.58 Å². The molecule has 4 heterocycles. The number of hydrogen-bond donors (Lipinski definition) is 1. The van der Waals surface area contributed by atoms with Gasteiger partial charge in [0.15, 0.2) is 23.1 Å². The Morgan fingerprint density at radius 2 is 1.92 bits per heavy atom. The number of pyridine rings is 1. The molecule has 3 aliphatic rings. The van der Waals surface area contributed by atoms with E-state index in [9.17, 15) is 27.9 Å². The van der Waals surface area contributed by atoms with Crippen molar-refractivity contribution in [3.63, 3.8) is 0 Å². The van der Waals surface area contributed by atoms with Crippen LogP contribution in [0.25, 0.3) is 0 Å². The summed E-state index contributed by atoms with van der Waals surface area (Å²) in [7, 11) is 0. The second-order valence-corrected chi connectivity index (χ2v) is 9.95. The fourth-order valence-corrected chi connectivity index (χ4v) is 6.23. The fourth-order valence-electron chi connectivity index (χ4n) is 5.13. The van der Waals surface area contributed by atoms with Crippen molar-refractivity contribution in [2.24, 2.45) is 0 Å². The standard InChI is InChI=1S/C26H19F4N3O4S/c27-15-10-18-20-14(21(15)28)11-38-19-6-2-1-4-13(19)22(20)33-12-31(16(25(29)30)5-3-9-37-18)26(36)23-24(35)17(34)7-8-32(23)33/h1-8,10,16,22,25,35H,9,11-12H2/b5-3+/t16-,22-/m1/s1. The van der Waals surface area contributed by atoms with E-state index in [-0.39, 0.29) is 29.2 Å². The molecule has 1 N–H and O–H groups in total. The maximum atomic E-state index is 15.3. The third kappa shape index (κ3) is 3.65. The average molecular weight is 546 g/mol. The van der Waals surface area contributed by atoms with Crippen LogP contribution >= 0.6 is 11.8 Å². The molecule has 1 amide bonds. The van der Waals surface area contributed by atoms with Gasteiger partial charge >= 0.3 is 0 Å². The molecule has 12 heteroatoms. The molecule has 1 aromatic heterocycles. The summed E-state index contributed by atoms with van der Waals surface area (Å²) >= 11 is 1.27. The average Bonchev–Trinajstić information content (AvgIpc) is 3.08. The molecule has 0 spiro atoms. The van der Waals surface area contributed by atoms with Crippen molar-refractivity contribution >= 4 is 17.7 Å². The largest absolute Gasteiger partial charge is 0.502 e. The number of alkyl halides is 2. The van der Waals surface area contributed by atoms with Gasteiger partial charge in [-0.25, -0.2) is 17.6 Å². The molecular formula is C26H19F4N3O4S. The van der Waals surface area contributed by atoms with Crippen molar-refractivity contribution in [1.29, 1.82) is 0 Å². The van der Waals surface area contributed by atoms with Gasteiger partial charge in [-0.15, -0.1) is 11.8 Å². The SMILES string of the molecule is O=C1c2c(O)c(=O)ccn2N2CN1[C@@H](C(F)F)/C=C/COc1cc(F)c(F)c3c1[C@H]2c1ccccc1SC3. The second kappa shape index (κ2) is 9.12. The van der Waals surface area contributed by atoms with E-state index in [1.165, 1.54) is 33.7 Å². The van der Waals surface area contributed by atoms with Crippen LogP contribution < -0.4 is 15.2 Å². The quantitative estimate of drug-likeness (QED) is 0.366. The van der Waals surface area contributed by atoms with Gasteiger partial charge in [0.1, 0.15) is 31.1 Å². The van der Waals surface area contributed by atoms with Crippen LogP contribution in [0.1, 0.15) is 33.2 Å². The maximum Gasteiger partial charge on any atom is 0.278 e. The summed E-state index contributed by atoms with van der Waals surface area (Å²) in [6.45, 7) is -0.671. The number of thioether (sulfide) groups is 1. The molecule has 0 radical (unpaired) electrons. The normalized spacial score (nSPS) is 21.0. The highest BCUT2D eigenvalue weighted by Gasteiger charge is 2.44. The Bertz CT molecular complexity index is 1560. The molecule has 0 fully saturated rings. The summed E-state index contributed by atoms with van der Waals surface area (Å²) < 4.78 is 65.7. The highest BCUT2D eigenvalue weighted by atomic mass is 32.2. The maximum absolute atomic E-state index is 15.3. The first kappa shape index (κ1) is 24.4. The van der Waals surface area contributed by atoms with E-state index in [0.29, 0.717) is 10.5 Å². The van der Waals surface area contributed by atoms with Gasteiger partial charge in [-0.3, -0.25) is 19.3 Å². The van der Waals surface area contributed by atoms with Crippen molar-refractivity contribution in [2.75, 3.05) is 18.3 Å². The molecule has 3 aliphatic heterocycles. The molecule has 3 aromatic rings. The van der Waals surface area contributed by atoms with Gasteiger partial charge in [0, 0.05) is 40.1 Å². The topological polar surface area (TPSA) is 75.0 Å². The van der Waals surface area contributed by atoms with Gasteiger partial charge in [0.25, 0.3) is 12.3 Å². The van der Waals surface area contributed by atoms with Crippen LogP contribution in [-0.4, -0.2) is 46.3 Å². The van der Waals surface area contributed by atoms with Crippen LogP contribution in [0.5, 0.6) is 11.5 Å². The van der Waals surface area contributed by atoms with E-state index in [1.54, 1.807) is 24.3 Å². The van der Waals surface area contributed by atoms with E-state index in [1.807, 2.05) is 0 Å². The third-order valence-electron chi connectivity index (χ3n) is 6.86. The summed E-state index contributed by atoms with van der Waals surface area (Å²) in [5.41, 5.74) is -0.484. The summed E-state index contributed by atoms with van der Waals surface area (Å²) in [5, 5.41) is 12.1. The molecule has 6 rings (SSSR count). The number of benzene rings is 2. The van der Waals surface area contributed by atoms with Gasteiger partial charge in [0.2, 0.25) is 5.43 Å². The van der Waals surface area contributed by atoms with Gasteiger partial charge in [-0.05, 0) is 17.7 Å². The molecule has 196 valence electrons. The van der Waals surface area contributed by atoms with E-state index >= 15 is 4.39 Å². The number of amides is 1. The Labute approximate surface area is 217 Å². The second-order valence-electron chi connectivity index (χ2n) is 8.93. The van der Waals surface area contributed by atoms with Crippen molar-refractivity contribution in [3.8, 4) is 11.5 Å². The number of aromatic hydroxyl groups is 1. The van der Waals surface area contributed by atoms with Gasteiger partial charge in [-0.2, -0.15) is 0 Å². The highest BCUT2D eigenvalue weighted by Crippen LogP contribution is 2.47. The molecule has 7 nitrogen and oxygen atoms in total. The van der Waals surface area contributed by atoms with Crippen LogP contribution in [0.4, 0.5) is 17.6 Å². The lowest BCUT2D eigenvalue weighted by atomic mass is 9.92. The fraction of sp³-hybridized carbons (Fsp3) is 0.231. The van der Waals surface area contributed by atoms with Crippen LogP contribution in [-0.2, 0) is 5.75 Å². The minimum absolute atomic E-state index is 0.0108. The first-order valence-corrected chi connectivity index (χ1v) is 12.6. The Kier molecular flexibility index (Phi) is 5.86. The molecule has 2 aromatic carbocycles. The summed E-state index contributed by atoms with van der Waals surface area (Å²) in [5.74, 6) is -4.01. The van der Waals surface area contributed by atoms with E-state index in [0.717, 1.165) is 23.1 Å². The molecule has 0 aliphatic carbocycles. The lowest BCUT2D eigenvalue weighted by molar-refractivity contribution is 0.0277. The molecule has 0 unspecified atom stereocenters. The monoisotopic (exact) mass is 545 g/mol. The number of halogens is 4. The van der Waals surface area contributed by atoms with E-state index in [4.69, 9.17) is 4.74 Å². The molecule has 0 saturated carbocycles. The number of fused-ring (bicyclic) bond motifs is 7. The number of carbonyl (C=O) groups excluding carboxylic acids is 1. The highest BCUT2D eigenvalue weighted by molar-refractivity contribution is 7.98. The van der Waals surface area contributed by atoms with Crippen LogP contribution in [0.3, 0.4) is 0 Å². The van der Waals surface area contributed by atoms with Crippen molar-refractivity contribution in [2.45, 2.75) is 29.2 Å². The Hall–Kier alpha value is -3.93. The molecular weight excluding hydrogens is 526 g/mol. The minimum Gasteiger partial charge on any atom is -0.502 e. The predicted molar refractivity (Wildman–Crippen MR) is 130 cm³/mol. The zero-order valence-electron chi connectivity index (χ0n) is 19.5. The smallest absolute Gasteiger partial charge is 0.278 e. The Balaban J connectivity index is 1.72. The van der Waals surface area contributed by atoms with Crippen LogP contribution in [0.15, 0.2) is 64.4 Å². The molecule has 0 saturated heterocycles. The number of hydrogen-bond acceptors (Lipinski definition) is 6. The van der Waals surface area contributed by atoms with Crippen molar-refractivity contribution in [3.05, 3.63) is 99.0 Å². The zero-order chi connectivity index (χ0) is 26.7. The van der Waals surface area contributed by atoms with Crippen LogP contribution in [0.2, 0.25) is 0 Å². The number of aromatic nitrogens is 1. The van der Waals surface area contributed by atoms with Crippen molar-refractivity contribution < 1.29 is 32.2 Å². The first-order chi connectivity index (χ1) is 18.3. The van der Waals surface area contributed by atoms with Crippen LogP contribution in [0, 0.1) is 11.6 Å². The predicted octanol–water partition coefficient (Wildman–Crippen LogP) is 4.16. The number of carbonyl (C=O) groups is 1. The summed E-state index contributed by atoms with van der Waals surface area (Å²) in [6.07, 6.45) is 0.589. The lowest BCUT2D eigenvalue weighted by Gasteiger charge is -2.45. The Morgan fingerprint density at radius 3 is 2.71 bits per heavy atom. The summed E-state index contributed by atoms with van der Waals surface area (Å²) in [4.78, 5) is 27.4. The minimum atomic E-state index is -3.02. The molecule has 38 heavy (non-hydrogen) atoms. The van der Waals surface area contributed by atoms with Gasteiger partial charge in [0.05, 0.1) is 0 Å². The number of nitrogens with zero attached hydrogens (tertiary/aromatic N) is 3. The Morgan fingerprint density at radius 1 is 1.13 bits per heavy atom. The van der Waals surface area contributed by atoms with Gasteiger partial charge < -0.3 is 14.7 Å². The number of ether oxygens (including phenoxy) is 1. The third-order valence-corrected chi connectivity index (χ3v) is 7.97. The molecule has 2 atom stereocenters. The zero-order valence-corrected chi connectivity index (χ0v) is 20.3. The lowest BCUT2D eigenvalue weighted by Crippen LogP contribution is -2.59. The summed E-state index contributed by atoms with van der Waals surface area (Å²) in [6, 6.07) is 6.34. The van der Waals surface area contributed by atoms with Gasteiger partial charge in [-0.1, -0.05) is 24.3 Å². The van der Waals surface area contributed by atoms with E-state index in [2.05, 4.69) is 0 Å². The first-order valence-electron chi connectivity index (χ1n) is 11.6.